The molecule has 0 bridgehead atoms. The topological polar surface area (TPSA) is 73.0 Å². The number of nitrogens with one attached hydrogen (secondary N) is 1. The Morgan fingerprint density at radius 2 is 2.04 bits per heavy atom. The van der Waals surface area contributed by atoms with Crippen molar-refractivity contribution < 1.29 is 15.8 Å². The Morgan fingerprint density at radius 1 is 1.31 bits per heavy atom. The molecule has 2 aliphatic rings. The highest BCUT2D eigenvalue weighted by Crippen LogP contribution is 2.36. The van der Waals surface area contributed by atoms with E-state index in [2.05, 4.69) is 17.1 Å². The lowest BCUT2D eigenvalue weighted by atomic mass is 9.74. The van der Waals surface area contributed by atoms with E-state index in [1.165, 1.54) is 4.90 Å². The van der Waals surface area contributed by atoms with Crippen LogP contribution in [0.25, 0.3) is 0 Å². The van der Waals surface area contributed by atoms with Crippen LogP contribution in [-0.4, -0.2) is 85.3 Å². The quantitative estimate of drug-likeness (QED) is 0.768. The summed E-state index contributed by atoms with van der Waals surface area (Å²) < 4.78 is 0. The summed E-state index contributed by atoms with van der Waals surface area (Å²) in [5.74, 6) is 0.241. The molecular weight excluding hydrogens is 332 g/mol. The van der Waals surface area contributed by atoms with E-state index in [1.807, 2.05) is 25.9 Å². The van der Waals surface area contributed by atoms with Crippen LogP contribution in [-0.2, 0) is 9.59 Å². The van der Waals surface area contributed by atoms with Gasteiger partial charge in [0.1, 0.15) is 5.78 Å². The van der Waals surface area contributed by atoms with Crippen molar-refractivity contribution in [1.82, 2.24) is 20.0 Å². The maximum absolute atomic E-state index is 13.0. The first-order valence-corrected chi connectivity index (χ1v) is 9.87. The van der Waals surface area contributed by atoms with Gasteiger partial charge in [0.2, 0.25) is 5.91 Å². The maximum atomic E-state index is 13.0. The van der Waals surface area contributed by atoms with Crippen LogP contribution >= 0.6 is 0 Å². The highest BCUT2D eigenvalue weighted by Gasteiger charge is 2.42. The van der Waals surface area contributed by atoms with Crippen molar-refractivity contribution in [1.29, 1.82) is 0 Å². The molecule has 0 radical (unpaired) electrons. The summed E-state index contributed by atoms with van der Waals surface area (Å²) in [7, 11) is 3.89. The first-order valence-electron chi connectivity index (χ1n) is 9.87. The van der Waals surface area contributed by atoms with E-state index >= 15 is 0 Å². The minimum absolute atomic E-state index is 0. The largest absolute Gasteiger partial charge is 0.336 e. The Balaban J connectivity index is 0.00000364. The number of amides is 3. The molecule has 1 heterocycles. The summed E-state index contributed by atoms with van der Waals surface area (Å²) in [5, 5.41) is 2.83. The van der Waals surface area contributed by atoms with E-state index < -0.39 is 0 Å². The van der Waals surface area contributed by atoms with E-state index in [-0.39, 0.29) is 25.2 Å². The second-order valence-corrected chi connectivity index (χ2v) is 7.75. The zero-order valence-electron chi connectivity index (χ0n) is 16.7. The highest BCUT2D eigenvalue weighted by molar-refractivity contribution is 5.95. The molecule has 7 heteroatoms. The number of urea groups is 1. The average molecular weight is 369 g/mol. The third kappa shape index (κ3) is 5.04. The van der Waals surface area contributed by atoms with Crippen LogP contribution in [0.15, 0.2) is 0 Å². The number of hydrogen-bond donors (Lipinski definition) is 1. The number of carbonyl (C=O) groups excluding carboxylic acids is 3. The Morgan fingerprint density at radius 3 is 2.65 bits per heavy atom. The second kappa shape index (κ2) is 9.46. The van der Waals surface area contributed by atoms with E-state index in [4.69, 9.17) is 0 Å². The number of imide groups is 1. The predicted molar refractivity (Wildman–Crippen MR) is 103 cm³/mol. The number of Topliss-reactive ketones (excluding diaryl/α,β-unsaturated/α-hetero) is 1. The molecule has 1 N–H and O–H groups in total. The van der Waals surface area contributed by atoms with Crippen LogP contribution in [0.5, 0.6) is 0 Å². The standard InChI is InChI=1S/C19H34N4O3.H2/c1-5-22-13-15(11-14-12-16(24)7-8-17(14)22)18(25)23(6-2)19(26)20-9-10-21(3)4;/h14-15,17H,5-13H2,1-4H3,(H,20,26);1H/t14-,15-,17-;/m1./s1. The molecule has 0 aromatic rings. The van der Waals surface area contributed by atoms with E-state index in [0.717, 1.165) is 19.5 Å². The molecule has 2 fully saturated rings. The van der Waals surface area contributed by atoms with Crippen molar-refractivity contribution in [3.63, 3.8) is 0 Å². The summed E-state index contributed by atoms with van der Waals surface area (Å²) in [6.45, 7) is 7.11. The number of hydrogen-bond acceptors (Lipinski definition) is 5. The van der Waals surface area contributed by atoms with Crippen LogP contribution in [0.1, 0.15) is 41.0 Å². The van der Waals surface area contributed by atoms with Crippen molar-refractivity contribution in [2.75, 3.05) is 46.8 Å². The first kappa shape index (κ1) is 20.8. The van der Waals surface area contributed by atoms with Gasteiger partial charge in [-0.2, -0.15) is 0 Å². The van der Waals surface area contributed by atoms with Crippen molar-refractivity contribution >= 4 is 17.7 Å². The summed E-state index contributed by atoms with van der Waals surface area (Å²) in [6.07, 6.45) is 2.85. The van der Waals surface area contributed by atoms with E-state index in [9.17, 15) is 14.4 Å². The molecule has 1 aliphatic carbocycles. The molecule has 2 rings (SSSR count). The van der Waals surface area contributed by atoms with Crippen LogP contribution in [0.4, 0.5) is 4.79 Å². The Hall–Kier alpha value is -1.47. The molecule has 3 amide bonds. The number of fused-ring (bicyclic) bond motifs is 1. The summed E-state index contributed by atoms with van der Waals surface area (Å²) in [5.41, 5.74) is 0. The SMILES string of the molecule is CCN(C(=O)NCCN(C)C)C(=O)[C@@H]1C[C@@H]2CC(=O)CC[C@H]2N(CC)C1.[HH]. The summed E-state index contributed by atoms with van der Waals surface area (Å²) in [6, 6.07) is 0.0926. The molecule has 150 valence electrons. The van der Waals surface area contributed by atoms with Gasteiger partial charge < -0.3 is 10.2 Å². The van der Waals surface area contributed by atoms with Gasteiger partial charge in [-0.3, -0.25) is 19.4 Å². The van der Waals surface area contributed by atoms with Crippen LogP contribution < -0.4 is 5.32 Å². The minimum atomic E-state index is -0.316. The molecule has 1 saturated heterocycles. The Labute approximate surface area is 158 Å². The van der Waals surface area contributed by atoms with Crippen molar-refractivity contribution in [3.05, 3.63) is 0 Å². The van der Waals surface area contributed by atoms with Gasteiger partial charge in [-0.1, -0.05) is 6.92 Å². The smallest absolute Gasteiger partial charge is 0.324 e. The van der Waals surface area contributed by atoms with Crippen molar-refractivity contribution in [3.8, 4) is 0 Å². The fourth-order valence-corrected chi connectivity index (χ4v) is 4.30. The van der Waals surface area contributed by atoms with Crippen molar-refractivity contribution in [2.45, 2.75) is 45.6 Å². The molecule has 1 saturated carbocycles. The van der Waals surface area contributed by atoms with Gasteiger partial charge in [0.25, 0.3) is 0 Å². The molecule has 0 aromatic heterocycles. The highest BCUT2D eigenvalue weighted by atomic mass is 16.2. The van der Waals surface area contributed by atoms with Gasteiger partial charge in [-0.15, -0.1) is 0 Å². The normalized spacial score (nSPS) is 26.5. The minimum Gasteiger partial charge on any atom is -0.336 e. The van der Waals surface area contributed by atoms with E-state index in [0.29, 0.717) is 50.7 Å². The summed E-state index contributed by atoms with van der Waals surface area (Å²) >= 11 is 0. The number of rotatable bonds is 6. The molecule has 0 spiro atoms. The Bertz CT molecular complexity index is 529. The second-order valence-electron chi connectivity index (χ2n) is 7.75. The maximum Gasteiger partial charge on any atom is 0.324 e. The van der Waals surface area contributed by atoms with Gasteiger partial charge in [-0.05, 0) is 46.3 Å². The number of carbonyl (C=O) groups is 3. The lowest BCUT2D eigenvalue weighted by Crippen LogP contribution is -2.56. The zero-order valence-corrected chi connectivity index (χ0v) is 16.7. The lowest BCUT2D eigenvalue weighted by Gasteiger charge is -2.46. The number of likely N-dealkylation sites (tertiary alicyclic amines) is 1. The Kier molecular flexibility index (Phi) is 7.58. The molecule has 0 unspecified atom stereocenters. The fourth-order valence-electron chi connectivity index (χ4n) is 4.30. The van der Waals surface area contributed by atoms with Crippen LogP contribution in [0.3, 0.4) is 0 Å². The zero-order chi connectivity index (χ0) is 19.3. The number of ketones is 1. The number of piperidine rings is 1. The average Bonchev–Trinajstić information content (AvgIpc) is 2.60. The van der Waals surface area contributed by atoms with Gasteiger partial charge in [0.15, 0.2) is 0 Å². The lowest BCUT2D eigenvalue weighted by molar-refractivity contribution is -0.138. The molecular formula is C19H36N4O3. The van der Waals surface area contributed by atoms with Crippen LogP contribution in [0, 0.1) is 11.8 Å². The summed E-state index contributed by atoms with van der Waals surface area (Å²) in [4.78, 5) is 43.0. The molecule has 7 nitrogen and oxygen atoms in total. The molecule has 26 heavy (non-hydrogen) atoms. The third-order valence-electron chi connectivity index (χ3n) is 5.68. The molecule has 1 aliphatic heterocycles. The number of likely N-dealkylation sites (N-methyl/N-ethyl adjacent to an activating group) is 1. The fraction of sp³-hybridized carbons (Fsp3) is 0.842. The number of nitrogens with zero attached hydrogens (tertiary/aromatic N) is 3. The van der Waals surface area contributed by atoms with Gasteiger partial charge in [0.05, 0.1) is 5.92 Å². The monoisotopic (exact) mass is 368 g/mol. The first-order chi connectivity index (χ1) is 12.4. The third-order valence-corrected chi connectivity index (χ3v) is 5.68. The molecule has 0 aromatic carbocycles. The van der Waals surface area contributed by atoms with Crippen LogP contribution in [0.2, 0.25) is 0 Å². The van der Waals surface area contributed by atoms with Gasteiger partial charge in [-0.25, -0.2) is 4.79 Å². The molecule has 3 atom stereocenters. The van der Waals surface area contributed by atoms with Crippen molar-refractivity contribution in [2.24, 2.45) is 11.8 Å². The van der Waals surface area contributed by atoms with E-state index in [1.54, 1.807) is 0 Å². The van der Waals surface area contributed by atoms with Gasteiger partial charge in [0, 0.05) is 46.5 Å². The van der Waals surface area contributed by atoms with Gasteiger partial charge >= 0.3 is 6.03 Å². The predicted octanol–water partition coefficient (Wildman–Crippen LogP) is 1.43.